The summed E-state index contributed by atoms with van der Waals surface area (Å²) in [5.41, 5.74) is 0.471. The van der Waals surface area contributed by atoms with Crippen molar-refractivity contribution in [1.29, 1.82) is 0 Å². The van der Waals surface area contributed by atoms with Crippen LogP contribution in [0.4, 0.5) is 4.39 Å². The van der Waals surface area contributed by atoms with Crippen LogP contribution >= 0.6 is 0 Å². The predicted molar refractivity (Wildman–Crippen MR) is 47.3 cm³/mol. The highest BCUT2D eigenvalue weighted by Crippen LogP contribution is 2.29. The van der Waals surface area contributed by atoms with Gasteiger partial charge in [-0.25, -0.2) is 4.39 Å². The van der Waals surface area contributed by atoms with E-state index in [-0.39, 0.29) is 11.4 Å². The summed E-state index contributed by atoms with van der Waals surface area (Å²) in [4.78, 5) is 0. The first-order chi connectivity index (χ1) is 5.56. The van der Waals surface area contributed by atoms with Gasteiger partial charge < -0.3 is 4.74 Å². The highest BCUT2D eigenvalue weighted by Gasteiger charge is 2.26. The summed E-state index contributed by atoms with van der Waals surface area (Å²) >= 11 is 0. The summed E-state index contributed by atoms with van der Waals surface area (Å²) in [5.74, 6) is -0.228. The van der Waals surface area contributed by atoms with Crippen LogP contribution < -0.4 is 0 Å². The molecule has 0 aromatic rings. The Morgan fingerprint density at radius 2 is 2.25 bits per heavy atom. The highest BCUT2D eigenvalue weighted by molar-refractivity contribution is 5.35. The zero-order valence-corrected chi connectivity index (χ0v) is 7.60. The van der Waals surface area contributed by atoms with Crippen LogP contribution in [-0.4, -0.2) is 5.60 Å². The van der Waals surface area contributed by atoms with Crippen molar-refractivity contribution in [3.05, 3.63) is 35.9 Å². The SMILES string of the molecule is C/C=C(F)\C=C1\C=COC1(C)C. The van der Waals surface area contributed by atoms with Gasteiger partial charge in [0, 0.05) is 5.57 Å². The third-order valence-electron chi connectivity index (χ3n) is 1.87. The first kappa shape index (κ1) is 9.04. The second kappa shape index (κ2) is 3.13. The molecule has 0 spiro atoms. The maximum atomic E-state index is 12.8. The van der Waals surface area contributed by atoms with Gasteiger partial charge in [-0.1, -0.05) is 6.08 Å². The summed E-state index contributed by atoms with van der Waals surface area (Å²) in [5, 5.41) is 0. The fraction of sp³-hybridized carbons (Fsp3) is 0.400. The Balaban J connectivity index is 2.88. The lowest BCUT2D eigenvalue weighted by Gasteiger charge is -2.19. The van der Waals surface area contributed by atoms with E-state index in [2.05, 4.69) is 0 Å². The molecule has 1 nitrogen and oxygen atoms in total. The lowest BCUT2D eigenvalue weighted by molar-refractivity contribution is 0.113. The molecule has 0 aromatic carbocycles. The number of hydrogen-bond donors (Lipinski definition) is 0. The molecule has 0 aromatic heterocycles. The van der Waals surface area contributed by atoms with Crippen molar-refractivity contribution in [3.63, 3.8) is 0 Å². The van der Waals surface area contributed by atoms with Crippen LogP contribution in [0.3, 0.4) is 0 Å². The number of ether oxygens (including phenoxy) is 1. The second-order valence-electron chi connectivity index (χ2n) is 3.20. The summed E-state index contributed by atoms with van der Waals surface area (Å²) in [6.45, 7) is 5.47. The summed E-state index contributed by atoms with van der Waals surface area (Å²) in [7, 11) is 0. The van der Waals surface area contributed by atoms with Gasteiger partial charge in [-0.05, 0) is 32.9 Å². The number of rotatable bonds is 1. The molecule has 0 radical (unpaired) electrons. The molecule has 0 atom stereocenters. The van der Waals surface area contributed by atoms with Crippen molar-refractivity contribution in [2.75, 3.05) is 0 Å². The fourth-order valence-electron chi connectivity index (χ4n) is 1.000. The van der Waals surface area contributed by atoms with Crippen molar-refractivity contribution in [1.82, 2.24) is 0 Å². The molecule has 0 N–H and O–H groups in total. The molecule has 12 heavy (non-hydrogen) atoms. The monoisotopic (exact) mass is 168 g/mol. The zero-order chi connectivity index (χ0) is 9.19. The molecule has 2 heteroatoms. The normalized spacial score (nSPS) is 24.7. The Bertz CT molecular complexity index is 259. The molecule has 66 valence electrons. The van der Waals surface area contributed by atoms with Crippen LogP contribution in [0.5, 0.6) is 0 Å². The van der Waals surface area contributed by atoms with Gasteiger partial charge in [0.05, 0.1) is 6.26 Å². The molecule has 0 unspecified atom stereocenters. The van der Waals surface area contributed by atoms with E-state index in [0.29, 0.717) is 0 Å². The molecular formula is C10H13FO. The van der Waals surface area contributed by atoms with Gasteiger partial charge >= 0.3 is 0 Å². The van der Waals surface area contributed by atoms with E-state index < -0.39 is 0 Å². The van der Waals surface area contributed by atoms with E-state index >= 15 is 0 Å². The third kappa shape index (κ3) is 1.76. The molecule has 0 amide bonds. The van der Waals surface area contributed by atoms with Crippen LogP contribution in [0.15, 0.2) is 35.9 Å². The number of hydrogen-bond acceptors (Lipinski definition) is 1. The van der Waals surface area contributed by atoms with Gasteiger partial charge in [-0.3, -0.25) is 0 Å². The smallest absolute Gasteiger partial charge is 0.128 e. The van der Waals surface area contributed by atoms with E-state index in [1.54, 1.807) is 19.3 Å². The fourth-order valence-corrected chi connectivity index (χ4v) is 1.000. The maximum Gasteiger partial charge on any atom is 0.128 e. The third-order valence-corrected chi connectivity index (χ3v) is 1.87. The molecule has 1 rings (SSSR count). The standard InChI is InChI=1S/C10H13FO/c1-4-9(11)7-8-5-6-12-10(8,2)3/h4-7H,1-3H3/b8-7-,9-4+. The molecular weight excluding hydrogens is 155 g/mol. The first-order valence-corrected chi connectivity index (χ1v) is 3.94. The maximum absolute atomic E-state index is 12.8. The summed E-state index contributed by atoms with van der Waals surface area (Å²) in [6, 6.07) is 0. The molecule has 1 aliphatic heterocycles. The number of allylic oxidation sites excluding steroid dienone is 3. The van der Waals surface area contributed by atoms with Gasteiger partial charge in [-0.15, -0.1) is 0 Å². The Hall–Kier alpha value is -1.05. The summed E-state index contributed by atoms with van der Waals surface area (Å²) in [6.07, 6.45) is 6.29. The van der Waals surface area contributed by atoms with E-state index in [1.807, 2.05) is 13.8 Å². The van der Waals surface area contributed by atoms with Gasteiger partial charge in [-0.2, -0.15) is 0 Å². The van der Waals surface area contributed by atoms with E-state index in [0.717, 1.165) is 5.57 Å². The van der Waals surface area contributed by atoms with E-state index in [9.17, 15) is 4.39 Å². The van der Waals surface area contributed by atoms with Gasteiger partial charge in [0.15, 0.2) is 0 Å². The topological polar surface area (TPSA) is 9.23 Å². The molecule has 1 heterocycles. The minimum Gasteiger partial charge on any atom is -0.491 e. The van der Waals surface area contributed by atoms with Crippen molar-refractivity contribution >= 4 is 0 Å². The molecule has 1 aliphatic rings. The minimum atomic E-state index is -0.389. The van der Waals surface area contributed by atoms with E-state index in [4.69, 9.17) is 4.74 Å². The Kier molecular flexibility index (Phi) is 2.36. The Morgan fingerprint density at radius 3 is 2.67 bits per heavy atom. The first-order valence-electron chi connectivity index (χ1n) is 3.94. The second-order valence-corrected chi connectivity index (χ2v) is 3.20. The lowest BCUT2D eigenvalue weighted by Crippen LogP contribution is -2.19. The molecule has 0 fully saturated rings. The van der Waals surface area contributed by atoms with Crippen molar-refractivity contribution in [2.45, 2.75) is 26.4 Å². The summed E-state index contributed by atoms with van der Waals surface area (Å²) < 4.78 is 18.1. The Morgan fingerprint density at radius 1 is 1.58 bits per heavy atom. The Labute approximate surface area is 72.2 Å². The van der Waals surface area contributed by atoms with Crippen LogP contribution in [0.1, 0.15) is 20.8 Å². The molecule has 0 saturated heterocycles. The van der Waals surface area contributed by atoms with Gasteiger partial charge in [0.1, 0.15) is 11.4 Å². The van der Waals surface area contributed by atoms with Gasteiger partial charge in [0.2, 0.25) is 0 Å². The highest BCUT2D eigenvalue weighted by atomic mass is 19.1. The average molecular weight is 168 g/mol. The lowest BCUT2D eigenvalue weighted by atomic mass is 9.99. The van der Waals surface area contributed by atoms with Crippen molar-refractivity contribution < 1.29 is 9.13 Å². The predicted octanol–water partition coefficient (Wildman–Crippen LogP) is 3.11. The largest absolute Gasteiger partial charge is 0.491 e. The van der Waals surface area contributed by atoms with Gasteiger partial charge in [0.25, 0.3) is 0 Å². The quantitative estimate of drug-likeness (QED) is 0.584. The molecule has 0 aliphatic carbocycles. The zero-order valence-electron chi connectivity index (χ0n) is 7.60. The number of halogens is 1. The van der Waals surface area contributed by atoms with Crippen LogP contribution in [0, 0.1) is 0 Å². The molecule has 0 saturated carbocycles. The average Bonchev–Trinajstić information content (AvgIpc) is 2.31. The van der Waals surface area contributed by atoms with Crippen LogP contribution in [0.25, 0.3) is 0 Å². The van der Waals surface area contributed by atoms with Crippen molar-refractivity contribution in [2.24, 2.45) is 0 Å². The van der Waals surface area contributed by atoms with Crippen LogP contribution in [-0.2, 0) is 4.74 Å². The van der Waals surface area contributed by atoms with Crippen LogP contribution in [0.2, 0.25) is 0 Å². The van der Waals surface area contributed by atoms with E-state index in [1.165, 1.54) is 12.2 Å². The molecule has 0 bridgehead atoms. The minimum absolute atomic E-state index is 0.228. The van der Waals surface area contributed by atoms with Crippen molar-refractivity contribution in [3.8, 4) is 0 Å².